The summed E-state index contributed by atoms with van der Waals surface area (Å²) >= 11 is 0. The molecule has 1 N–H and O–H groups in total. The fourth-order valence-corrected chi connectivity index (χ4v) is 2.95. The van der Waals surface area contributed by atoms with Crippen molar-refractivity contribution >= 4 is 11.7 Å². The third kappa shape index (κ3) is 2.68. The van der Waals surface area contributed by atoms with Gasteiger partial charge in [-0.3, -0.25) is 4.68 Å². The molecule has 0 aliphatic carbocycles. The third-order valence-electron chi connectivity index (χ3n) is 4.03. The number of benzene rings is 1. The van der Waals surface area contributed by atoms with E-state index in [2.05, 4.69) is 10.00 Å². The molecule has 2 aromatic rings. The van der Waals surface area contributed by atoms with Crippen LogP contribution in [0.1, 0.15) is 29.8 Å². The number of hydrogen-bond donors (Lipinski definition) is 1. The average molecular weight is 303 g/mol. The number of nitrogens with zero attached hydrogens (tertiary/aromatic N) is 3. The highest BCUT2D eigenvalue weighted by Crippen LogP contribution is 2.33. The molecule has 1 saturated heterocycles. The van der Waals surface area contributed by atoms with E-state index in [1.54, 1.807) is 13.1 Å². The zero-order chi connectivity index (χ0) is 15.7. The number of aryl methyl sites for hydroxylation is 1. The van der Waals surface area contributed by atoms with Gasteiger partial charge in [-0.1, -0.05) is 0 Å². The Morgan fingerprint density at radius 2 is 1.95 bits per heavy atom. The van der Waals surface area contributed by atoms with Crippen LogP contribution in [0.25, 0.3) is 11.3 Å². The second kappa shape index (κ2) is 5.79. The first-order chi connectivity index (χ1) is 10.6. The second-order valence-electron chi connectivity index (χ2n) is 5.55. The molecule has 3 rings (SSSR count). The molecule has 0 unspecified atom stereocenters. The Hall–Kier alpha value is -2.37. The molecule has 0 spiro atoms. The van der Waals surface area contributed by atoms with Gasteiger partial charge in [-0.05, 0) is 43.5 Å². The first kappa shape index (κ1) is 14.6. The van der Waals surface area contributed by atoms with Gasteiger partial charge < -0.3 is 10.0 Å². The van der Waals surface area contributed by atoms with Gasteiger partial charge in [0.05, 0.1) is 5.69 Å². The van der Waals surface area contributed by atoms with Crippen molar-refractivity contribution < 1.29 is 14.3 Å². The number of piperidine rings is 1. The average Bonchev–Trinajstić information content (AvgIpc) is 2.90. The molecule has 1 aromatic heterocycles. The number of carboxylic acid groups (broad SMARTS) is 1. The summed E-state index contributed by atoms with van der Waals surface area (Å²) in [6.07, 6.45) is 3.44. The quantitative estimate of drug-likeness (QED) is 0.947. The molecule has 0 amide bonds. The van der Waals surface area contributed by atoms with Gasteiger partial charge in [0, 0.05) is 31.4 Å². The highest BCUT2D eigenvalue weighted by Gasteiger charge is 2.20. The SMILES string of the molecule is Cn1nc(C(=O)O)cc1-c1cc(F)ccc1N1CCCCC1. The Labute approximate surface area is 128 Å². The molecule has 116 valence electrons. The number of aromatic nitrogens is 2. The van der Waals surface area contributed by atoms with Gasteiger partial charge in [0.2, 0.25) is 0 Å². The predicted octanol–water partition coefficient (Wildman–Crippen LogP) is 2.91. The summed E-state index contributed by atoms with van der Waals surface area (Å²) in [6.45, 7) is 1.87. The number of aromatic carboxylic acids is 1. The fourth-order valence-electron chi connectivity index (χ4n) is 2.95. The van der Waals surface area contributed by atoms with Gasteiger partial charge in [-0.2, -0.15) is 5.10 Å². The van der Waals surface area contributed by atoms with Crippen LogP contribution in [0.2, 0.25) is 0 Å². The predicted molar refractivity (Wildman–Crippen MR) is 81.6 cm³/mol. The Balaban J connectivity index is 2.09. The number of rotatable bonds is 3. The van der Waals surface area contributed by atoms with Crippen LogP contribution in [-0.2, 0) is 7.05 Å². The Kier molecular flexibility index (Phi) is 3.83. The van der Waals surface area contributed by atoms with E-state index in [4.69, 9.17) is 5.11 Å². The maximum atomic E-state index is 13.7. The summed E-state index contributed by atoms with van der Waals surface area (Å²) in [6, 6.07) is 6.16. The molecule has 6 heteroatoms. The Morgan fingerprint density at radius 3 is 2.59 bits per heavy atom. The van der Waals surface area contributed by atoms with E-state index < -0.39 is 5.97 Å². The van der Waals surface area contributed by atoms with E-state index in [9.17, 15) is 9.18 Å². The van der Waals surface area contributed by atoms with Crippen LogP contribution < -0.4 is 4.90 Å². The largest absolute Gasteiger partial charge is 0.476 e. The van der Waals surface area contributed by atoms with Crippen molar-refractivity contribution in [2.75, 3.05) is 18.0 Å². The van der Waals surface area contributed by atoms with Crippen molar-refractivity contribution in [2.45, 2.75) is 19.3 Å². The summed E-state index contributed by atoms with van der Waals surface area (Å²) in [4.78, 5) is 13.3. The highest BCUT2D eigenvalue weighted by atomic mass is 19.1. The van der Waals surface area contributed by atoms with Gasteiger partial charge in [0.1, 0.15) is 5.82 Å². The molecule has 1 aliphatic rings. The zero-order valence-electron chi connectivity index (χ0n) is 12.4. The number of hydrogen-bond acceptors (Lipinski definition) is 3. The van der Waals surface area contributed by atoms with Crippen LogP contribution in [-0.4, -0.2) is 33.9 Å². The maximum absolute atomic E-state index is 13.7. The standard InChI is InChI=1S/C16H18FN3O2/c1-19-15(10-13(18-19)16(21)22)12-9-11(17)5-6-14(12)20-7-3-2-4-8-20/h5-6,9-10H,2-4,7-8H2,1H3,(H,21,22). The van der Waals surface area contributed by atoms with Crippen LogP contribution in [0.15, 0.2) is 24.3 Å². The number of anilines is 1. The van der Waals surface area contributed by atoms with Crippen molar-refractivity contribution in [3.63, 3.8) is 0 Å². The van der Waals surface area contributed by atoms with E-state index in [0.717, 1.165) is 31.6 Å². The third-order valence-corrected chi connectivity index (χ3v) is 4.03. The van der Waals surface area contributed by atoms with E-state index in [0.29, 0.717) is 11.3 Å². The van der Waals surface area contributed by atoms with E-state index >= 15 is 0 Å². The lowest BCUT2D eigenvalue weighted by Gasteiger charge is -2.30. The van der Waals surface area contributed by atoms with Crippen molar-refractivity contribution in [3.8, 4) is 11.3 Å². The molecule has 1 aliphatic heterocycles. The van der Waals surface area contributed by atoms with Crippen LogP contribution in [0.4, 0.5) is 10.1 Å². The summed E-state index contributed by atoms with van der Waals surface area (Å²) in [5.41, 5.74) is 2.19. The minimum Gasteiger partial charge on any atom is -0.476 e. The first-order valence-electron chi connectivity index (χ1n) is 7.38. The molecular formula is C16H18FN3O2. The van der Waals surface area contributed by atoms with Crippen molar-refractivity contribution in [1.29, 1.82) is 0 Å². The topological polar surface area (TPSA) is 58.4 Å². The zero-order valence-corrected chi connectivity index (χ0v) is 12.4. The van der Waals surface area contributed by atoms with E-state index in [1.807, 2.05) is 0 Å². The van der Waals surface area contributed by atoms with Crippen LogP contribution in [0.5, 0.6) is 0 Å². The minimum atomic E-state index is -1.09. The summed E-state index contributed by atoms with van der Waals surface area (Å²) in [5.74, 6) is -1.42. The van der Waals surface area contributed by atoms with E-state index in [-0.39, 0.29) is 11.5 Å². The van der Waals surface area contributed by atoms with Crippen molar-refractivity contribution in [2.24, 2.45) is 7.05 Å². The van der Waals surface area contributed by atoms with Crippen LogP contribution in [0.3, 0.4) is 0 Å². The lowest BCUT2D eigenvalue weighted by molar-refractivity contribution is 0.0689. The molecule has 1 fully saturated rings. The molecule has 0 bridgehead atoms. The van der Waals surface area contributed by atoms with Crippen LogP contribution >= 0.6 is 0 Å². The lowest BCUT2D eigenvalue weighted by atomic mass is 10.0. The maximum Gasteiger partial charge on any atom is 0.356 e. The van der Waals surface area contributed by atoms with Crippen molar-refractivity contribution in [3.05, 3.63) is 35.8 Å². The lowest BCUT2D eigenvalue weighted by Crippen LogP contribution is -2.29. The summed E-state index contributed by atoms with van der Waals surface area (Å²) in [5, 5.41) is 13.1. The number of carbonyl (C=O) groups is 1. The second-order valence-corrected chi connectivity index (χ2v) is 5.55. The van der Waals surface area contributed by atoms with Crippen LogP contribution in [0, 0.1) is 5.82 Å². The number of carboxylic acids is 1. The van der Waals surface area contributed by atoms with Crippen molar-refractivity contribution in [1.82, 2.24) is 9.78 Å². The Morgan fingerprint density at radius 1 is 1.23 bits per heavy atom. The van der Waals surface area contributed by atoms with E-state index in [1.165, 1.54) is 29.3 Å². The molecule has 5 nitrogen and oxygen atoms in total. The normalized spacial score (nSPS) is 15.1. The minimum absolute atomic E-state index is 0.0358. The van der Waals surface area contributed by atoms with Gasteiger partial charge in [-0.15, -0.1) is 0 Å². The molecule has 0 saturated carbocycles. The smallest absolute Gasteiger partial charge is 0.356 e. The monoisotopic (exact) mass is 303 g/mol. The molecule has 1 aromatic carbocycles. The molecule has 22 heavy (non-hydrogen) atoms. The number of halogens is 1. The molecule has 2 heterocycles. The van der Waals surface area contributed by atoms with Gasteiger partial charge in [0.15, 0.2) is 5.69 Å². The molecular weight excluding hydrogens is 285 g/mol. The fraction of sp³-hybridized carbons (Fsp3) is 0.375. The molecule has 0 atom stereocenters. The van der Waals surface area contributed by atoms with Gasteiger partial charge in [0.25, 0.3) is 0 Å². The van der Waals surface area contributed by atoms with Gasteiger partial charge in [-0.25, -0.2) is 9.18 Å². The summed E-state index contributed by atoms with van der Waals surface area (Å²) < 4.78 is 15.2. The Bertz CT molecular complexity index is 705. The molecule has 0 radical (unpaired) electrons. The highest BCUT2D eigenvalue weighted by molar-refractivity contribution is 5.88. The summed E-state index contributed by atoms with van der Waals surface area (Å²) in [7, 11) is 1.67. The first-order valence-corrected chi connectivity index (χ1v) is 7.38. The van der Waals surface area contributed by atoms with Gasteiger partial charge >= 0.3 is 5.97 Å².